The van der Waals surface area contributed by atoms with Gasteiger partial charge in [-0.2, -0.15) is 26.3 Å². The summed E-state index contributed by atoms with van der Waals surface area (Å²) in [7, 11) is 0. The highest BCUT2D eigenvalue weighted by Crippen LogP contribution is 2.22. The molecule has 2 aliphatic rings. The van der Waals surface area contributed by atoms with Gasteiger partial charge in [0.25, 0.3) is 0 Å². The first kappa shape index (κ1) is 65.6. The van der Waals surface area contributed by atoms with E-state index in [-0.39, 0.29) is 73.7 Å². The molecule has 2 saturated heterocycles. The zero-order chi connectivity index (χ0) is 55.8. The second kappa shape index (κ2) is 32.2. The van der Waals surface area contributed by atoms with E-state index in [0.29, 0.717) is 50.0 Å². The molecule has 76 heavy (non-hydrogen) atoms. The van der Waals surface area contributed by atoms with Crippen LogP contribution in [0, 0.1) is 11.6 Å². The molecule has 0 unspecified atom stereocenters. The molecule has 420 valence electrons. The normalized spacial score (nSPS) is 16.2. The van der Waals surface area contributed by atoms with Gasteiger partial charge >= 0.3 is 24.3 Å². The monoisotopic (exact) mass is 1080 g/mol. The van der Waals surface area contributed by atoms with E-state index in [4.69, 9.17) is 30.3 Å². The summed E-state index contributed by atoms with van der Waals surface area (Å²) in [6, 6.07) is 32.0. The van der Waals surface area contributed by atoms with Crippen LogP contribution in [-0.4, -0.2) is 118 Å². The molecule has 0 aromatic heterocycles. The first-order valence-electron chi connectivity index (χ1n) is 24.1. The predicted molar refractivity (Wildman–Crippen MR) is 270 cm³/mol. The molecule has 4 aromatic carbocycles. The van der Waals surface area contributed by atoms with Crippen molar-refractivity contribution in [1.82, 2.24) is 25.8 Å². The predicted octanol–water partition coefficient (Wildman–Crippen LogP) is 8.57. The number of nitrogens with one attached hydrogen (secondary N) is 3. The summed E-state index contributed by atoms with van der Waals surface area (Å²) in [5, 5.41) is 23.5. The van der Waals surface area contributed by atoms with Crippen LogP contribution in [0.2, 0.25) is 0 Å². The van der Waals surface area contributed by atoms with Crippen LogP contribution in [0.4, 0.5) is 35.1 Å². The van der Waals surface area contributed by atoms with Crippen molar-refractivity contribution in [2.75, 3.05) is 26.4 Å². The number of carboxylic acid groups (broad SMARTS) is 2. The standard InChI is InChI=1S/C27H36FN3O3.C22H28FN3O.2C2HF3O2.CH4/c1-27(2,3)34-19-30-22(16-21-12-7-8-13-23(21)28)17-25(32)31-15-9-14-24(31)26(33)29-18-20-10-5-4-6-11-20;23-20-10-5-4-9-18(20)15-19(24)12-14-26-13-6-11-21(26)22(27)25-16-17-7-2-1-3-8-17;2*3-2(4,5)1(6)7;/h4-8,10-13,22,24,30H,9,14-19H2,1-3H3,(H,29,33);1-5,7-10,19,21H,6,11-16,24H2,(H,25,27);2*(H,6,7);1H4/t22-,24+;19-,21-;;;/m10.../s1. The van der Waals surface area contributed by atoms with E-state index in [9.17, 15) is 49.5 Å². The maximum atomic E-state index is 14.3. The van der Waals surface area contributed by atoms with Crippen molar-refractivity contribution in [1.29, 1.82) is 0 Å². The van der Waals surface area contributed by atoms with Crippen molar-refractivity contribution in [2.24, 2.45) is 5.73 Å². The van der Waals surface area contributed by atoms with E-state index in [1.807, 2.05) is 87.5 Å². The van der Waals surface area contributed by atoms with E-state index in [1.54, 1.807) is 35.2 Å². The Bertz CT molecular complexity index is 2370. The molecule has 0 spiro atoms. The minimum atomic E-state index is -5.08. The third-order valence-corrected chi connectivity index (χ3v) is 11.6. The van der Waals surface area contributed by atoms with E-state index >= 15 is 0 Å². The molecule has 0 radical (unpaired) electrons. The highest BCUT2D eigenvalue weighted by Gasteiger charge is 2.39. The van der Waals surface area contributed by atoms with Gasteiger partial charge < -0.3 is 36.2 Å². The number of carbonyl (C=O) groups excluding carboxylic acids is 3. The zero-order valence-electron chi connectivity index (χ0n) is 41.9. The second-order valence-electron chi connectivity index (χ2n) is 18.6. The number of ether oxygens (including phenoxy) is 1. The molecule has 2 heterocycles. The second-order valence-corrected chi connectivity index (χ2v) is 18.6. The fraction of sp³-hybridized carbons (Fsp3) is 0.463. The first-order chi connectivity index (χ1) is 35.2. The van der Waals surface area contributed by atoms with Gasteiger partial charge in [-0.1, -0.05) is 104 Å². The average molecular weight is 1080 g/mol. The van der Waals surface area contributed by atoms with E-state index in [2.05, 4.69) is 20.9 Å². The molecule has 2 aliphatic heterocycles. The minimum Gasteiger partial charge on any atom is -0.475 e. The Morgan fingerprint density at radius 3 is 1.54 bits per heavy atom. The summed E-state index contributed by atoms with van der Waals surface area (Å²) in [6.45, 7) is 9.31. The van der Waals surface area contributed by atoms with Gasteiger partial charge in [-0.25, -0.2) is 18.4 Å². The van der Waals surface area contributed by atoms with Crippen molar-refractivity contribution >= 4 is 29.7 Å². The largest absolute Gasteiger partial charge is 0.490 e. The van der Waals surface area contributed by atoms with Crippen LogP contribution in [0.15, 0.2) is 109 Å². The van der Waals surface area contributed by atoms with Crippen molar-refractivity contribution in [3.8, 4) is 0 Å². The summed E-state index contributed by atoms with van der Waals surface area (Å²) >= 11 is 0. The van der Waals surface area contributed by atoms with E-state index in [0.717, 1.165) is 49.9 Å². The number of benzene rings is 4. The third kappa shape index (κ3) is 24.9. The number of hydrogen-bond donors (Lipinski definition) is 6. The molecule has 6 rings (SSSR count). The van der Waals surface area contributed by atoms with Crippen LogP contribution in [-0.2, 0) is 54.6 Å². The SMILES string of the molecule is C.CC(C)(C)OCN[C@@H](CC(=O)N1CCC[C@H]1C(=O)NCc1ccccc1)Cc1ccccc1F.N[C@@H](CCN1CCC[C@H]1C(=O)NCc1ccccc1)Cc1ccccc1F.O=C(O)C(F)(F)F.O=C(O)C(F)(F)F. The Hall–Kier alpha value is -6.49. The first-order valence-corrected chi connectivity index (χ1v) is 24.1. The molecule has 4 aromatic rings. The number of hydrogen-bond acceptors (Lipinski definition) is 9. The lowest BCUT2D eigenvalue weighted by atomic mass is 10.0. The number of halogens is 8. The van der Waals surface area contributed by atoms with E-state index in [1.165, 1.54) is 12.1 Å². The van der Waals surface area contributed by atoms with Gasteiger partial charge in [-0.05, 0) is 107 Å². The highest BCUT2D eigenvalue weighted by molar-refractivity contribution is 5.88. The van der Waals surface area contributed by atoms with Crippen molar-refractivity contribution < 1.29 is 74.0 Å². The molecule has 3 amide bonds. The lowest BCUT2D eigenvalue weighted by Crippen LogP contribution is -2.48. The summed E-state index contributed by atoms with van der Waals surface area (Å²) < 4.78 is 97.3. The highest BCUT2D eigenvalue weighted by atomic mass is 19.4. The number of carboxylic acids is 2. The van der Waals surface area contributed by atoms with Crippen LogP contribution in [0.3, 0.4) is 0 Å². The maximum absolute atomic E-state index is 14.3. The fourth-order valence-corrected chi connectivity index (χ4v) is 7.76. The number of amides is 3. The van der Waals surface area contributed by atoms with Gasteiger partial charge in [-0.3, -0.25) is 24.6 Å². The number of aliphatic carboxylic acids is 2. The van der Waals surface area contributed by atoms with Crippen LogP contribution in [0.25, 0.3) is 0 Å². The Kier molecular flexibility index (Phi) is 27.8. The number of nitrogens with two attached hydrogens (primary N) is 1. The number of nitrogens with zero attached hydrogens (tertiary/aromatic N) is 2. The van der Waals surface area contributed by atoms with Gasteiger partial charge in [0, 0.05) is 44.7 Å². The molecule has 0 aliphatic carbocycles. The van der Waals surface area contributed by atoms with Crippen LogP contribution >= 0.6 is 0 Å². The summed E-state index contributed by atoms with van der Waals surface area (Å²) in [5.74, 6) is -6.17. The maximum Gasteiger partial charge on any atom is 0.490 e. The minimum absolute atomic E-state index is 0. The van der Waals surface area contributed by atoms with Gasteiger partial charge in [0.1, 0.15) is 17.7 Å². The molecule has 22 heteroatoms. The Morgan fingerprint density at radius 2 is 1.08 bits per heavy atom. The lowest BCUT2D eigenvalue weighted by Gasteiger charge is -2.28. The van der Waals surface area contributed by atoms with Crippen LogP contribution < -0.4 is 21.7 Å². The van der Waals surface area contributed by atoms with Gasteiger partial charge in [0.2, 0.25) is 17.7 Å². The van der Waals surface area contributed by atoms with Crippen molar-refractivity contribution in [3.05, 3.63) is 143 Å². The topological polar surface area (TPSA) is 204 Å². The van der Waals surface area contributed by atoms with Crippen molar-refractivity contribution in [3.63, 3.8) is 0 Å². The molecular formula is C54H70F8N6O8. The lowest BCUT2D eigenvalue weighted by molar-refractivity contribution is -0.193. The average Bonchev–Trinajstić information content (AvgIpc) is 4.05. The zero-order valence-corrected chi connectivity index (χ0v) is 41.9. The quantitative estimate of drug-likeness (QED) is 0.0412. The molecule has 2 fully saturated rings. The van der Waals surface area contributed by atoms with Crippen LogP contribution in [0.1, 0.15) is 89.0 Å². The Labute approximate surface area is 438 Å². The number of carbonyl (C=O) groups is 5. The summed E-state index contributed by atoms with van der Waals surface area (Å²) in [5.41, 5.74) is 9.19. The fourth-order valence-electron chi connectivity index (χ4n) is 7.76. The molecule has 14 nitrogen and oxygen atoms in total. The molecule has 0 saturated carbocycles. The summed E-state index contributed by atoms with van der Waals surface area (Å²) in [4.78, 5) is 60.3. The Balaban J connectivity index is 0.000000417. The van der Waals surface area contributed by atoms with E-state index < -0.39 is 30.3 Å². The Morgan fingerprint density at radius 1 is 0.658 bits per heavy atom. The third-order valence-electron chi connectivity index (χ3n) is 11.6. The number of likely N-dealkylation sites (tertiary alicyclic amines) is 2. The van der Waals surface area contributed by atoms with Crippen molar-refractivity contribution in [2.45, 2.75) is 135 Å². The van der Waals surface area contributed by atoms with Crippen LogP contribution in [0.5, 0.6) is 0 Å². The smallest absolute Gasteiger partial charge is 0.475 e. The number of rotatable bonds is 18. The molecule has 4 atom stereocenters. The molecule has 0 bridgehead atoms. The number of alkyl halides is 6. The summed E-state index contributed by atoms with van der Waals surface area (Å²) in [6.07, 6.45) is -5.06. The van der Waals surface area contributed by atoms with Gasteiger partial charge in [-0.15, -0.1) is 0 Å². The molecule has 7 N–H and O–H groups in total. The van der Waals surface area contributed by atoms with Gasteiger partial charge in [0.05, 0.1) is 18.4 Å². The van der Waals surface area contributed by atoms with Gasteiger partial charge in [0.15, 0.2) is 0 Å². The molecular weight excluding hydrogens is 1010 g/mol.